The second kappa shape index (κ2) is 10.2. The molecule has 0 N–H and O–H groups in total. The van der Waals surface area contributed by atoms with E-state index >= 15 is 0 Å². The van der Waals surface area contributed by atoms with Gasteiger partial charge in [-0.25, -0.2) is 4.79 Å². The minimum absolute atomic E-state index is 0.0770. The fraction of sp³-hybridized carbons (Fsp3) is 0.615. The van der Waals surface area contributed by atoms with Crippen molar-refractivity contribution in [1.82, 2.24) is 9.80 Å². The molecule has 1 aromatic rings. The van der Waals surface area contributed by atoms with Crippen LogP contribution in [0.1, 0.15) is 70.3 Å². The quantitative estimate of drug-likeness (QED) is 0.449. The molecule has 8 heteroatoms. The first kappa shape index (κ1) is 24.2. The molecule has 2 aliphatic heterocycles. The molecular weight excluding hydrogens is 436 g/mol. The number of hydrogen-bond acceptors (Lipinski definition) is 6. The van der Waals surface area contributed by atoms with E-state index in [0.717, 1.165) is 38.5 Å². The predicted molar refractivity (Wildman–Crippen MR) is 124 cm³/mol. The summed E-state index contributed by atoms with van der Waals surface area (Å²) in [6.45, 7) is 2.41. The highest BCUT2D eigenvalue weighted by Crippen LogP contribution is 2.46. The number of likely N-dealkylation sites (tertiary alicyclic amines) is 2. The molecule has 3 aliphatic rings. The molecule has 4 rings (SSSR count). The summed E-state index contributed by atoms with van der Waals surface area (Å²) in [6.07, 6.45) is 5.45. The molecule has 2 heterocycles. The standard InChI is InChI=1S/C26H34N2O6/c1-3-34-24(31)20-13-8-9-15-27(20)22(29)16-26(19-12-6-7-14-21(19)33-2)17-23(30)28(25(26)32)18-10-4-5-11-18/h6-7,12,14,18,20H,3-5,8-11,13,15-17H2,1-2H3/t20-,26+/m1/s1. The van der Waals surface area contributed by atoms with Gasteiger partial charge in [0.1, 0.15) is 11.8 Å². The van der Waals surface area contributed by atoms with Crippen LogP contribution in [0.3, 0.4) is 0 Å². The number of benzene rings is 1. The molecule has 3 amide bonds. The second-order valence-corrected chi connectivity index (χ2v) is 9.49. The summed E-state index contributed by atoms with van der Waals surface area (Å²) < 4.78 is 10.8. The van der Waals surface area contributed by atoms with Gasteiger partial charge in [0.2, 0.25) is 17.7 Å². The largest absolute Gasteiger partial charge is 0.496 e. The number of hydrogen-bond donors (Lipinski definition) is 0. The van der Waals surface area contributed by atoms with Crippen LogP contribution in [-0.4, -0.2) is 65.8 Å². The number of carbonyl (C=O) groups is 4. The van der Waals surface area contributed by atoms with Crippen molar-refractivity contribution in [2.75, 3.05) is 20.3 Å². The molecule has 2 saturated heterocycles. The van der Waals surface area contributed by atoms with Gasteiger partial charge in [-0.1, -0.05) is 31.0 Å². The van der Waals surface area contributed by atoms with Gasteiger partial charge >= 0.3 is 5.97 Å². The Hall–Kier alpha value is -2.90. The number of para-hydroxylation sites is 1. The van der Waals surface area contributed by atoms with Gasteiger partial charge in [-0.2, -0.15) is 0 Å². The molecule has 2 atom stereocenters. The number of amides is 3. The third-order valence-corrected chi connectivity index (χ3v) is 7.50. The van der Waals surface area contributed by atoms with Crippen molar-refractivity contribution in [3.8, 4) is 5.75 Å². The molecular formula is C26H34N2O6. The number of carbonyl (C=O) groups excluding carboxylic acids is 4. The van der Waals surface area contributed by atoms with E-state index in [-0.39, 0.29) is 43.2 Å². The van der Waals surface area contributed by atoms with Gasteiger partial charge in [-0.05, 0) is 45.1 Å². The molecule has 184 valence electrons. The Morgan fingerprint density at radius 3 is 2.47 bits per heavy atom. The lowest BCUT2D eigenvalue weighted by Gasteiger charge is -2.37. The lowest BCUT2D eigenvalue weighted by atomic mass is 9.74. The van der Waals surface area contributed by atoms with Crippen molar-refractivity contribution >= 4 is 23.7 Å². The summed E-state index contributed by atoms with van der Waals surface area (Å²) in [5, 5.41) is 0. The zero-order valence-corrected chi connectivity index (χ0v) is 20.1. The minimum atomic E-state index is -1.35. The first-order valence-electron chi connectivity index (χ1n) is 12.4. The van der Waals surface area contributed by atoms with Gasteiger partial charge in [-0.3, -0.25) is 19.3 Å². The number of piperidine rings is 1. The molecule has 1 saturated carbocycles. The first-order valence-corrected chi connectivity index (χ1v) is 12.4. The van der Waals surface area contributed by atoms with Gasteiger partial charge in [-0.15, -0.1) is 0 Å². The minimum Gasteiger partial charge on any atom is -0.496 e. The number of imide groups is 1. The van der Waals surface area contributed by atoms with Crippen molar-refractivity contribution in [2.45, 2.75) is 82.2 Å². The molecule has 0 bridgehead atoms. The molecule has 1 aliphatic carbocycles. The van der Waals surface area contributed by atoms with E-state index in [4.69, 9.17) is 9.47 Å². The Morgan fingerprint density at radius 1 is 1.06 bits per heavy atom. The highest BCUT2D eigenvalue weighted by molar-refractivity contribution is 6.11. The van der Waals surface area contributed by atoms with Crippen LogP contribution in [0.4, 0.5) is 0 Å². The second-order valence-electron chi connectivity index (χ2n) is 9.49. The van der Waals surface area contributed by atoms with Crippen molar-refractivity contribution in [3.05, 3.63) is 29.8 Å². The molecule has 0 aromatic heterocycles. The van der Waals surface area contributed by atoms with Gasteiger partial charge in [0.15, 0.2) is 0 Å². The van der Waals surface area contributed by atoms with Crippen LogP contribution in [0.5, 0.6) is 5.75 Å². The summed E-state index contributed by atoms with van der Waals surface area (Å²) in [6, 6.07) is 6.34. The van der Waals surface area contributed by atoms with E-state index in [2.05, 4.69) is 0 Å². The zero-order valence-electron chi connectivity index (χ0n) is 20.1. The summed E-state index contributed by atoms with van der Waals surface area (Å²) >= 11 is 0. The average Bonchev–Trinajstić information content (AvgIpc) is 3.45. The maximum absolute atomic E-state index is 14.0. The summed E-state index contributed by atoms with van der Waals surface area (Å²) in [5.41, 5.74) is -0.797. The van der Waals surface area contributed by atoms with Gasteiger partial charge in [0, 0.05) is 31.0 Å². The highest BCUT2D eigenvalue weighted by atomic mass is 16.5. The molecule has 3 fully saturated rings. The summed E-state index contributed by atoms with van der Waals surface area (Å²) in [5.74, 6) is -0.810. The van der Waals surface area contributed by atoms with Crippen LogP contribution >= 0.6 is 0 Å². The lowest BCUT2D eigenvalue weighted by molar-refractivity contribution is -0.157. The maximum atomic E-state index is 14.0. The zero-order chi connectivity index (χ0) is 24.3. The molecule has 0 spiro atoms. The van der Waals surface area contributed by atoms with Crippen molar-refractivity contribution < 1.29 is 28.7 Å². The fourth-order valence-corrected chi connectivity index (χ4v) is 5.85. The van der Waals surface area contributed by atoms with Crippen LogP contribution < -0.4 is 4.74 Å². The van der Waals surface area contributed by atoms with E-state index in [1.165, 1.54) is 12.0 Å². The first-order chi connectivity index (χ1) is 16.4. The van der Waals surface area contributed by atoms with E-state index in [1.807, 2.05) is 0 Å². The number of esters is 1. The van der Waals surface area contributed by atoms with Gasteiger partial charge in [0.25, 0.3) is 0 Å². The van der Waals surface area contributed by atoms with Gasteiger partial charge < -0.3 is 14.4 Å². The maximum Gasteiger partial charge on any atom is 0.328 e. The van der Waals surface area contributed by atoms with Crippen molar-refractivity contribution in [3.63, 3.8) is 0 Å². The molecule has 0 unspecified atom stereocenters. The normalized spacial score (nSPS) is 25.6. The predicted octanol–water partition coefficient (Wildman–Crippen LogP) is 2.97. The van der Waals surface area contributed by atoms with Gasteiger partial charge in [0.05, 0.1) is 19.1 Å². The smallest absolute Gasteiger partial charge is 0.328 e. The number of nitrogens with zero attached hydrogens (tertiary/aromatic N) is 2. The highest BCUT2D eigenvalue weighted by Gasteiger charge is 2.57. The van der Waals surface area contributed by atoms with E-state index in [0.29, 0.717) is 24.3 Å². The van der Waals surface area contributed by atoms with Crippen LogP contribution in [-0.2, 0) is 29.3 Å². The SMILES string of the molecule is CCOC(=O)[C@H]1CCCCN1C(=O)C[C@@]1(c2ccccc2OC)CC(=O)N(C2CCCC2)C1=O. The Morgan fingerprint density at radius 2 is 1.76 bits per heavy atom. The third-order valence-electron chi connectivity index (χ3n) is 7.50. The summed E-state index contributed by atoms with van der Waals surface area (Å²) in [7, 11) is 1.52. The number of ether oxygens (including phenoxy) is 2. The number of rotatable bonds is 7. The van der Waals surface area contributed by atoms with Crippen molar-refractivity contribution in [1.29, 1.82) is 0 Å². The molecule has 8 nitrogen and oxygen atoms in total. The van der Waals surface area contributed by atoms with Crippen LogP contribution in [0, 0.1) is 0 Å². The van der Waals surface area contributed by atoms with Crippen molar-refractivity contribution in [2.24, 2.45) is 0 Å². The van der Waals surface area contributed by atoms with E-state index in [9.17, 15) is 19.2 Å². The number of methoxy groups -OCH3 is 1. The van der Waals surface area contributed by atoms with Crippen LogP contribution in [0.25, 0.3) is 0 Å². The lowest BCUT2D eigenvalue weighted by Crippen LogP contribution is -2.51. The third kappa shape index (κ3) is 4.30. The van der Waals surface area contributed by atoms with Crippen LogP contribution in [0.15, 0.2) is 24.3 Å². The topological polar surface area (TPSA) is 93.2 Å². The average molecular weight is 471 g/mol. The Bertz CT molecular complexity index is 956. The Balaban J connectivity index is 1.71. The molecule has 0 radical (unpaired) electrons. The van der Waals surface area contributed by atoms with Crippen LogP contribution in [0.2, 0.25) is 0 Å². The molecule has 34 heavy (non-hydrogen) atoms. The Labute approximate surface area is 200 Å². The monoisotopic (exact) mass is 470 g/mol. The van der Waals surface area contributed by atoms with E-state index in [1.54, 1.807) is 36.1 Å². The van der Waals surface area contributed by atoms with E-state index < -0.39 is 17.4 Å². The summed E-state index contributed by atoms with van der Waals surface area (Å²) in [4.78, 5) is 56.5. The molecule has 1 aromatic carbocycles. The fourth-order valence-electron chi connectivity index (χ4n) is 5.85. The Kier molecular flexibility index (Phi) is 7.24.